The Morgan fingerprint density at radius 3 is 2.36 bits per heavy atom. The van der Waals surface area contributed by atoms with Crippen LogP contribution in [0.15, 0.2) is 18.2 Å². The predicted molar refractivity (Wildman–Crippen MR) is 75.3 cm³/mol. The summed E-state index contributed by atoms with van der Waals surface area (Å²) in [5.74, 6) is 0.0938. The van der Waals surface area contributed by atoms with E-state index in [2.05, 4.69) is 16.2 Å². The van der Waals surface area contributed by atoms with Crippen molar-refractivity contribution in [1.29, 1.82) is 0 Å². The van der Waals surface area contributed by atoms with Crippen LogP contribution in [-0.4, -0.2) is 23.6 Å². The number of anilines is 1. The van der Waals surface area contributed by atoms with Crippen LogP contribution in [0.4, 0.5) is 24.5 Å². The van der Waals surface area contributed by atoms with Crippen molar-refractivity contribution in [1.82, 2.24) is 10.9 Å². The van der Waals surface area contributed by atoms with Gasteiger partial charge in [-0.25, -0.2) is 0 Å². The van der Waals surface area contributed by atoms with Gasteiger partial charge in [0.2, 0.25) is 0 Å². The van der Waals surface area contributed by atoms with E-state index in [0.29, 0.717) is 12.6 Å². The van der Waals surface area contributed by atoms with E-state index in [1.807, 2.05) is 13.8 Å². The number of rotatable bonds is 4. The van der Waals surface area contributed by atoms with Crippen LogP contribution in [0.1, 0.15) is 19.4 Å². The summed E-state index contributed by atoms with van der Waals surface area (Å²) in [5, 5.41) is 13.4. The summed E-state index contributed by atoms with van der Waals surface area (Å²) >= 11 is 0. The van der Waals surface area contributed by atoms with Crippen LogP contribution in [-0.2, 0) is 6.18 Å². The Bertz CT molecular complexity index is 555. The number of hydrogen-bond acceptors (Lipinski definition) is 5. The van der Waals surface area contributed by atoms with E-state index in [9.17, 15) is 23.3 Å². The minimum absolute atomic E-state index is 0.0938. The van der Waals surface area contributed by atoms with E-state index in [1.165, 1.54) is 0 Å². The van der Waals surface area contributed by atoms with Crippen LogP contribution in [0, 0.1) is 16.0 Å². The number of nitro benzene ring substituents is 1. The molecule has 0 radical (unpaired) electrons. The third-order valence-electron chi connectivity index (χ3n) is 3.87. The summed E-state index contributed by atoms with van der Waals surface area (Å²) in [7, 11) is 0. The van der Waals surface area contributed by atoms with E-state index in [-0.39, 0.29) is 23.7 Å². The lowest BCUT2D eigenvalue weighted by Gasteiger charge is -2.21. The first kappa shape index (κ1) is 16.5. The van der Waals surface area contributed by atoms with Gasteiger partial charge in [0, 0.05) is 42.4 Å². The molecule has 2 unspecified atom stereocenters. The highest BCUT2D eigenvalue weighted by Gasteiger charge is 2.36. The molecule has 3 N–H and O–H groups in total. The largest absolute Gasteiger partial charge is 0.418 e. The van der Waals surface area contributed by atoms with Gasteiger partial charge in [-0.3, -0.25) is 21.0 Å². The Morgan fingerprint density at radius 1 is 1.27 bits per heavy atom. The molecule has 1 heterocycles. The van der Waals surface area contributed by atoms with Gasteiger partial charge in [-0.1, -0.05) is 0 Å². The fraction of sp³-hybridized carbons (Fsp3) is 0.538. The van der Waals surface area contributed by atoms with Crippen LogP contribution in [0.3, 0.4) is 0 Å². The van der Waals surface area contributed by atoms with E-state index < -0.39 is 22.4 Å². The Kier molecular flexibility index (Phi) is 4.57. The maximum Gasteiger partial charge on any atom is 0.418 e. The topological polar surface area (TPSA) is 79.2 Å². The van der Waals surface area contributed by atoms with Gasteiger partial charge in [0.05, 0.1) is 10.5 Å². The Balaban J connectivity index is 2.21. The second kappa shape index (κ2) is 6.09. The van der Waals surface area contributed by atoms with Gasteiger partial charge in [-0.05, 0) is 19.9 Å². The van der Waals surface area contributed by atoms with Crippen LogP contribution in [0.25, 0.3) is 0 Å². The number of non-ortho nitro benzene ring substituents is 1. The van der Waals surface area contributed by atoms with Crippen molar-refractivity contribution in [2.45, 2.75) is 32.1 Å². The molecule has 0 saturated carbocycles. The summed E-state index contributed by atoms with van der Waals surface area (Å²) in [5.41, 5.74) is 4.29. The van der Waals surface area contributed by atoms with E-state index in [0.717, 1.165) is 12.1 Å². The molecule has 0 aliphatic carbocycles. The molecule has 122 valence electrons. The second-order valence-electron chi connectivity index (χ2n) is 5.40. The second-order valence-corrected chi connectivity index (χ2v) is 5.40. The zero-order valence-electron chi connectivity index (χ0n) is 12.1. The van der Waals surface area contributed by atoms with Crippen LogP contribution in [0.2, 0.25) is 0 Å². The van der Waals surface area contributed by atoms with Gasteiger partial charge in [0.15, 0.2) is 0 Å². The van der Waals surface area contributed by atoms with Crippen molar-refractivity contribution in [2.24, 2.45) is 5.92 Å². The van der Waals surface area contributed by atoms with Gasteiger partial charge in [-0.2, -0.15) is 13.2 Å². The van der Waals surface area contributed by atoms with Crippen molar-refractivity contribution >= 4 is 11.4 Å². The summed E-state index contributed by atoms with van der Waals surface area (Å²) in [6, 6.07) is 2.94. The van der Waals surface area contributed by atoms with Crippen molar-refractivity contribution in [2.75, 3.05) is 11.9 Å². The highest BCUT2D eigenvalue weighted by Crippen LogP contribution is 2.37. The maximum atomic E-state index is 13.1. The number of alkyl halides is 3. The van der Waals surface area contributed by atoms with Gasteiger partial charge < -0.3 is 5.32 Å². The normalized spacial score (nSPS) is 25.2. The smallest absolute Gasteiger partial charge is 0.384 e. The molecule has 1 aromatic rings. The molecule has 1 aliphatic rings. The quantitative estimate of drug-likeness (QED) is 0.587. The number of benzene rings is 1. The lowest BCUT2D eigenvalue weighted by Crippen LogP contribution is -2.30. The number of hydrazine groups is 1. The molecule has 1 aliphatic heterocycles. The van der Waals surface area contributed by atoms with Crippen molar-refractivity contribution in [3.63, 3.8) is 0 Å². The maximum absolute atomic E-state index is 13.1. The molecule has 1 fully saturated rings. The molecule has 0 bridgehead atoms. The van der Waals surface area contributed by atoms with E-state index in [1.54, 1.807) is 0 Å². The minimum atomic E-state index is -4.65. The number of nitro groups is 1. The molecule has 2 rings (SSSR count). The molecular weight excluding hydrogens is 301 g/mol. The van der Waals surface area contributed by atoms with Gasteiger partial charge >= 0.3 is 6.18 Å². The number of nitrogens with zero attached hydrogens (tertiary/aromatic N) is 1. The van der Waals surface area contributed by atoms with Crippen LogP contribution >= 0.6 is 0 Å². The van der Waals surface area contributed by atoms with Crippen LogP contribution < -0.4 is 16.2 Å². The third kappa shape index (κ3) is 3.47. The molecule has 6 nitrogen and oxygen atoms in total. The predicted octanol–water partition coefficient (Wildman–Crippen LogP) is 2.53. The van der Waals surface area contributed by atoms with Gasteiger partial charge in [-0.15, -0.1) is 0 Å². The summed E-state index contributed by atoms with van der Waals surface area (Å²) in [6.45, 7) is 4.19. The monoisotopic (exact) mass is 318 g/mol. The van der Waals surface area contributed by atoms with Crippen molar-refractivity contribution < 1.29 is 18.1 Å². The fourth-order valence-electron chi connectivity index (χ4n) is 2.53. The third-order valence-corrected chi connectivity index (χ3v) is 3.87. The zero-order chi connectivity index (χ0) is 16.5. The SMILES string of the molecule is CC1NNC(C)C1CNc1ccc([N+](=O)[O-])cc1C(F)(F)F. The molecule has 1 saturated heterocycles. The average Bonchev–Trinajstić information content (AvgIpc) is 2.74. The van der Waals surface area contributed by atoms with E-state index in [4.69, 9.17) is 0 Å². The number of halogens is 3. The molecule has 22 heavy (non-hydrogen) atoms. The molecule has 9 heteroatoms. The van der Waals surface area contributed by atoms with Gasteiger partial charge in [0.1, 0.15) is 0 Å². The first-order valence-electron chi connectivity index (χ1n) is 6.80. The van der Waals surface area contributed by atoms with Gasteiger partial charge in [0.25, 0.3) is 5.69 Å². The lowest BCUT2D eigenvalue weighted by molar-refractivity contribution is -0.385. The summed E-state index contributed by atoms with van der Waals surface area (Å²) < 4.78 is 39.2. The summed E-state index contributed by atoms with van der Waals surface area (Å²) in [6.07, 6.45) is -4.65. The van der Waals surface area contributed by atoms with Crippen LogP contribution in [0.5, 0.6) is 0 Å². The molecule has 0 aromatic heterocycles. The summed E-state index contributed by atoms with van der Waals surface area (Å²) in [4.78, 5) is 9.81. The molecule has 0 spiro atoms. The lowest BCUT2D eigenvalue weighted by atomic mass is 9.96. The molecular formula is C13H17F3N4O2. The molecule has 0 amide bonds. The standard InChI is InChI=1S/C13H17F3N4O2/c1-7-10(8(2)19-18-7)6-17-12-4-3-9(20(21)22)5-11(12)13(14,15)16/h3-5,7-8,10,17-19H,6H2,1-2H3. The van der Waals surface area contributed by atoms with Crippen molar-refractivity contribution in [3.05, 3.63) is 33.9 Å². The fourth-order valence-corrected chi connectivity index (χ4v) is 2.53. The number of nitrogens with one attached hydrogen (secondary N) is 3. The zero-order valence-corrected chi connectivity index (χ0v) is 12.1. The highest BCUT2D eigenvalue weighted by molar-refractivity contribution is 5.57. The van der Waals surface area contributed by atoms with Crippen molar-refractivity contribution in [3.8, 4) is 0 Å². The minimum Gasteiger partial charge on any atom is -0.384 e. The Hall–Kier alpha value is -1.87. The molecule has 2 atom stereocenters. The average molecular weight is 318 g/mol. The number of hydrogen-bond donors (Lipinski definition) is 3. The Labute approximate surface area is 125 Å². The molecule has 1 aromatic carbocycles. The Morgan fingerprint density at radius 2 is 1.86 bits per heavy atom. The first-order valence-corrected chi connectivity index (χ1v) is 6.80. The first-order chi connectivity index (χ1) is 10.2. The van der Waals surface area contributed by atoms with E-state index >= 15 is 0 Å². The highest BCUT2D eigenvalue weighted by atomic mass is 19.4.